The molecule has 1 aliphatic rings. The average molecular weight is 432 g/mol. The van der Waals surface area contributed by atoms with Crippen LogP contribution in [0.15, 0.2) is 59.9 Å². The van der Waals surface area contributed by atoms with E-state index < -0.39 is 0 Å². The molecule has 0 aliphatic heterocycles. The standard InChI is InChI=1S/C23H21N5O2S/c1-14(29)16-6-2-5-9-20(16)25-21(30)13-31-23-27-26-22(28(23)15-10-11-15)18-12-24-19-8-4-3-7-17(18)19/h2-9,12,15,24H,10-11,13H2,1H3,(H,25,30). The number of carbonyl (C=O) groups is 2. The summed E-state index contributed by atoms with van der Waals surface area (Å²) in [6.45, 7) is 1.49. The predicted octanol–water partition coefficient (Wildman–Crippen LogP) is 4.69. The molecule has 1 amide bonds. The molecule has 1 fully saturated rings. The highest BCUT2D eigenvalue weighted by atomic mass is 32.2. The highest BCUT2D eigenvalue weighted by Crippen LogP contribution is 2.42. The SMILES string of the molecule is CC(=O)c1ccccc1NC(=O)CSc1nnc(-c2c[nH]c3ccccc23)n1C1CC1. The fraction of sp³-hybridized carbons (Fsp3) is 0.217. The van der Waals surface area contributed by atoms with Crippen molar-refractivity contribution in [3.05, 3.63) is 60.3 Å². The van der Waals surface area contributed by atoms with Crippen LogP contribution in [-0.2, 0) is 4.79 Å². The van der Waals surface area contributed by atoms with E-state index in [-0.39, 0.29) is 17.4 Å². The molecule has 2 aromatic heterocycles. The summed E-state index contributed by atoms with van der Waals surface area (Å²) in [6, 6.07) is 15.5. The molecule has 1 aliphatic carbocycles. The Morgan fingerprint density at radius 3 is 2.71 bits per heavy atom. The van der Waals surface area contributed by atoms with E-state index in [0.29, 0.717) is 17.3 Å². The number of nitrogens with one attached hydrogen (secondary N) is 2. The first-order chi connectivity index (χ1) is 15.1. The van der Waals surface area contributed by atoms with E-state index in [1.807, 2.05) is 24.4 Å². The third-order valence-electron chi connectivity index (χ3n) is 5.32. The number of carbonyl (C=O) groups excluding carboxylic acids is 2. The molecule has 0 radical (unpaired) electrons. The van der Waals surface area contributed by atoms with Gasteiger partial charge in [0.2, 0.25) is 5.91 Å². The highest BCUT2D eigenvalue weighted by Gasteiger charge is 2.31. The minimum Gasteiger partial charge on any atom is -0.360 e. The Kier molecular flexibility index (Phi) is 5.07. The van der Waals surface area contributed by atoms with Gasteiger partial charge < -0.3 is 10.3 Å². The molecule has 0 unspecified atom stereocenters. The van der Waals surface area contributed by atoms with Gasteiger partial charge in [0.25, 0.3) is 0 Å². The molecule has 8 heteroatoms. The zero-order valence-electron chi connectivity index (χ0n) is 17.0. The summed E-state index contributed by atoms with van der Waals surface area (Å²) in [6.07, 6.45) is 4.13. The van der Waals surface area contributed by atoms with Crippen LogP contribution in [0.2, 0.25) is 0 Å². The molecule has 2 aromatic carbocycles. The minimum atomic E-state index is -0.183. The molecule has 7 nitrogen and oxygen atoms in total. The van der Waals surface area contributed by atoms with Crippen molar-refractivity contribution in [3.63, 3.8) is 0 Å². The summed E-state index contributed by atoms with van der Waals surface area (Å²) in [5.41, 5.74) is 3.11. The van der Waals surface area contributed by atoms with E-state index >= 15 is 0 Å². The highest BCUT2D eigenvalue weighted by molar-refractivity contribution is 7.99. The van der Waals surface area contributed by atoms with Crippen molar-refractivity contribution in [3.8, 4) is 11.4 Å². The van der Waals surface area contributed by atoms with Gasteiger partial charge in [-0.1, -0.05) is 42.1 Å². The molecule has 0 spiro atoms. The second kappa shape index (κ2) is 8.03. The number of hydrogen-bond donors (Lipinski definition) is 2. The van der Waals surface area contributed by atoms with E-state index in [2.05, 4.69) is 31.1 Å². The van der Waals surface area contributed by atoms with Crippen LogP contribution in [0.4, 0.5) is 5.69 Å². The number of Topliss-reactive ketones (excluding diaryl/α,β-unsaturated/α-hetero) is 1. The van der Waals surface area contributed by atoms with Gasteiger partial charge in [-0.05, 0) is 38.0 Å². The smallest absolute Gasteiger partial charge is 0.234 e. The average Bonchev–Trinajstić information content (AvgIpc) is 3.38. The fourth-order valence-electron chi connectivity index (χ4n) is 3.69. The maximum absolute atomic E-state index is 12.6. The van der Waals surface area contributed by atoms with Gasteiger partial charge in [0.15, 0.2) is 16.8 Å². The van der Waals surface area contributed by atoms with Crippen molar-refractivity contribution in [2.75, 3.05) is 11.1 Å². The van der Waals surface area contributed by atoms with Gasteiger partial charge in [-0.15, -0.1) is 10.2 Å². The molecule has 0 saturated heterocycles. The third kappa shape index (κ3) is 3.86. The third-order valence-corrected chi connectivity index (χ3v) is 6.26. The van der Waals surface area contributed by atoms with Gasteiger partial charge in [-0.25, -0.2) is 0 Å². The van der Waals surface area contributed by atoms with Crippen LogP contribution in [-0.4, -0.2) is 37.2 Å². The number of H-pyrrole nitrogens is 1. The summed E-state index contributed by atoms with van der Waals surface area (Å²) < 4.78 is 2.15. The molecular formula is C23H21N5O2S. The van der Waals surface area contributed by atoms with Gasteiger partial charge in [0, 0.05) is 34.3 Å². The topological polar surface area (TPSA) is 92.7 Å². The first-order valence-corrected chi connectivity index (χ1v) is 11.1. The first kappa shape index (κ1) is 19.6. The van der Waals surface area contributed by atoms with Crippen molar-refractivity contribution >= 4 is 40.0 Å². The Labute approximate surface area is 183 Å². The molecule has 31 heavy (non-hydrogen) atoms. The molecule has 0 atom stereocenters. The molecule has 1 saturated carbocycles. The van der Waals surface area contributed by atoms with Crippen LogP contribution in [0.3, 0.4) is 0 Å². The molecule has 2 N–H and O–H groups in total. The molecule has 2 heterocycles. The van der Waals surface area contributed by atoms with Gasteiger partial charge in [0.1, 0.15) is 0 Å². The van der Waals surface area contributed by atoms with Crippen LogP contribution >= 0.6 is 11.8 Å². The maximum atomic E-state index is 12.6. The predicted molar refractivity (Wildman–Crippen MR) is 121 cm³/mol. The number of fused-ring (bicyclic) bond motifs is 1. The summed E-state index contributed by atoms with van der Waals surface area (Å²) in [7, 11) is 0. The van der Waals surface area contributed by atoms with Crippen LogP contribution in [0.1, 0.15) is 36.2 Å². The van der Waals surface area contributed by atoms with Crippen LogP contribution in [0, 0.1) is 0 Å². The van der Waals surface area contributed by atoms with Crippen molar-refractivity contribution < 1.29 is 9.59 Å². The Morgan fingerprint density at radius 1 is 1.13 bits per heavy atom. The zero-order valence-corrected chi connectivity index (χ0v) is 17.8. The normalized spacial score (nSPS) is 13.5. The minimum absolute atomic E-state index is 0.0830. The van der Waals surface area contributed by atoms with E-state index in [1.54, 1.807) is 24.3 Å². The Balaban J connectivity index is 1.36. The van der Waals surface area contributed by atoms with Gasteiger partial charge >= 0.3 is 0 Å². The van der Waals surface area contributed by atoms with Gasteiger partial charge in [0.05, 0.1) is 11.4 Å². The van der Waals surface area contributed by atoms with Gasteiger partial charge in [-0.2, -0.15) is 0 Å². The number of amides is 1. The van der Waals surface area contributed by atoms with Crippen LogP contribution in [0.5, 0.6) is 0 Å². The largest absolute Gasteiger partial charge is 0.360 e. The lowest BCUT2D eigenvalue weighted by molar-refractivity contribution is -0.113. The number of anilines is 1. The second-order valence-electron chi connectivity index (χ2n) is 7.59. The van der Waals surface area contributed by atoms with Crippen LogP contribution in [0.25, 0.3) is 22.3 Å². The number of aromatic nitrogens is 4. The molecule has 5 rings (SSSR count). The number of benzene rings is 2. The van der Waals surface area contributed by atoms with Gasteiger partial charge in [-0.3, -0.25) is 14.2 Å². The summed E-state index contributed by atoms with van der Waals surface area (Å²) in [5.74, 6) is 0.744. The lowest BCUT2D eigenvalue weighted by Gasteiger charge is -2.10. The number of nitrogens with zero attached hydrogens (tertiary/aromatic N) is 3. The molecule has 0 bridgehead atoms. The molecule has 156 valence electrons. The molecular weight excluding hydrogens is 410 g/mol. The number of hydrogen-bond acceptors (Lipinski definition) is 5. The quantitative estimate of drug-likeness (QED) is 0.327. The molecule has 4 aromatic rings. The Morgan fingerprint density at radius 2 is 1.90 bits per heavy atom. The van der Waals surface area contributed by atoms with Crippen molar-refractivity contribution in [1.29, 1.82) is 0 Å². The zero-order chi connectivity index (χ0) is 21.4. The number of ketones is 1. The lowest BCUT2D eigenvalue weighted by Crippen LogP contribution is -2.16. The second-order valence-corrected chi connectivity index (χ2v) is 8.54. The number of aromatic amines is 1. The fourth-order valence-corrected chi connectivity index (χ4v) is 4.50. The summed E-state index contributed by atoms with van der Waals surface area (Å²) in [5, 5.41) is 13.5. The van der Waals surface area contributed by atoms with E-state index in [0.717, 1.165) is 40.3 Å². The van der Waals surface area contributed by atoms with Crippen LogP contribution < -0.4 is 5.32 Å². The van der Waals surface area contributed by atoms with E-state index in [1.165, 1.54) is 18.7 Å². The maximum Gasteiger partial charge on any atom is 0.234 e. The Hall–Kier alpha value is -3.39. The number of rotatable bonds is 7. The Bertz CT molecular complexity index is 1290. The monoisotopic (exact) mass is 431 g/mol. The number of thioether (sulfide) groups is 1. The number of para-hydroxylation sites is 2. The van der Waals surface area contributed by atoms with Crippen molar-refractivity contribution in [1.82, 2.24) is 19.7 Å². The van der Waals surface area contributed by atoms with E-state index in [9.17, 15) is 9.59 Å². The van der Waals surface area contributed by atoms with E-state index in [4.69, 9.17) is 0 Å². The lowest BCUT2D eigenvalue weighted by atomic mass is 10.1. The summed E-state index contributed by atoms with van der Waals surface area (Å²) in [4.78, 5) is 27.6. The van der Waals surface area contributed by atoms with Crippen molar-refractivity contribution in [2.45, 2.75) is 31.0 Å². The first-order valence-electron chi connectivity index (χ1n) is 10.2. The van der Waals surface area contributed by atoms with Crippen molar-refractivity contribution in [2.24, 2.45) is 0 Å². The summed E-state index contributed by atoms with van der Waals surface area (Å²) >= 11 is 1.36.